The zero-order valence-electron chi connectivity index (χ0n) is 20.4. The monoisotopic (exact) mass is 507 g/mol. The Bertz CT molecular complexity index is 1680. The van der Waals surface area contributed by atoms with Gasteiger partial charge in [-0.1, -0.05) is 115 Å². The summed E-state index contributed by atoms with van der Waals surface area (Å²) in [6, 6.07) is 44.3. The molecule has 180 valence electrons. The summed E-state index contributed by atoms with van der Waals surface area (Å²) in [5, 5.41) is 0.200. The van der Waals surface area contributed by atoms with Crippen LogP contribution in [0.2, 0.25) is 5.28 Å². The standard InChI is InChI=1S/C34H22ClN3/c35-34-37-32(24-14-8-3-9-15-24)36-33(38-34)31-27-18-16-25(22-10-4-1-5-11-22)20-29(27)30-21-26(17-19-28(30)31)23-12-6-2-7-13-23/h1-21,31H. The predicted molar refractivity (Wildman–Crippen MR) is 154 cm³/mol. The van der Waals surface area contributed by atoms with Gasteiger partial charge in [-0.3, -0.25) is 0 Å². The lowest BCUT2D eigenvalue weighted by Gasteiger charge is -2.14. The molecule has 6 aromatic rings. The van der Waals surface area contributed by atoms with E-state index >= 15 is 0 Å². The smallest absolute Gasteiger partial charge is 0.212 e. The number of hydrogen-bond acceptors (Lipinski definition) is 3. The Kier molecular flexibility index (Phi) is 5.57. The number of benzene rings is 5. The van der Waals surface area contributed by atoms with E-state index in [4.69, 9.17) is 16.6 Å². The number of fused-ring (bicyclic) bond motifs is 3. The SMILES string of the molecule is Clc1nc(-c2ccccc2)nc(C2c3ccc(-c4ccccc4)cc3-c3cc(-c4ccccc4)ccc32)n1. The first-order valence-electron chi connectivity index (χ1n) is 12.6. The molecule has 0 fully saturated rings. The van der Waals surface area contributed by atoms with E-state index in [1.807, 2.05) is 42.5 Å². The van der Waals surface area contributed by atoms with Crippen LogP contribution < -0.4 is 0 Å². The summed E-state index contributed by atoms with van der Waals surface area (Å²) >= 11 is 6.48. The van der Waals surface area contributed by atoms with Crippen molar-refractivity contribution in [1.82, 2.24) is 15.0 Å². The molecule has 0 saturated heterocycles. The normalized spacial score (nSPS) is 12.2. The van der Waals surface area contributed by atoms with Gasteiger partial charge < -0.3 is 0 Å². The summed E-state index contributed by atoms with van der Waals surface area (Å²) < 4.78 is 0. The van der Waals surface area contributed by atoms with Crippen molar-refractivity contribution in [2.45, 2.75) is 5.92 Å². The Labute approximate surface area is 226 Å². The van der Waals surface area contributed by atoms with Crippen LogP contribution in [0.25, 0.3) is 44.8 Å². The van der Waals surface area contributed by atoms with E-state index in [2.05, 4.69) is 94.9 Å². The van der Waals surface area contributed by atoms with Gasteiger partial charge in [0.2, 0.25) is 5.28 Å². The number of hydrogen-bond donors (Lipinski definition) is 0. The molecule has 1 aliphatic rings. The summed E-state index contributed by atoms with van der Waals surface area (Å²) in [6.45, 7) is 0. The number of rotatable bonds is 4. The Morgan fingerprint density at radius 2 is 0.921 bits per heavy atom. The van der Waals surface area contributed by atoms with Crippen LogP contribution in [0.5, 0.6) is 0 Å². The van der Waals surface area contributed by atoms with E-state index < -0.39 is 0 Å². The second-order valence-corrected chi connectivity index (χ2v) is 9.76. The molecule has 0 aliphatic heterocycles. The van der Waals surface area contributed by atoms with Gasteiger partial charge in [0.25, 0.3) is 0 Å². The summed E-state index contributed by atoms with van der Waals surface area (Å²) in [6.07, 6.45) is 0. The second-order valence-electron chi connectivity index (χ2n) is 9.42. The molecular formula is C34H22ClN3. The van der Waals surface area contributed by atoms with Crippen molar-refractivity contribution in [3.63, 3.8) is 0 Å². The van der Waals surface area contributed by atoms with E-state index in [1.54, 1.807) is 0 Å². The minimum Gasteiger partial charge on any atom is -0.212 e. The number of nitrogens with zero attached hydrogens (tertiary/aromatic N) is 3. The predicted octanol–water partition coefficient (Wildman–Crippen LogP) is 8.69. The third kappa shape index (κ3) is 3.98. The van der Waals surface area contributed by atoms with Crippen LogP contribution in [0.4, 0.5) is 0 Å². The average molecular weight is 508 g/mol. The number of aromatic nitrogens is 3. The lowest BCUT2D eigenvalue weighted by Crippen LogP contribution is -2.08. The molecule has 0 saturated carbocycles. The third-order valence-electron chi connectivity index (χ3n) is 7.15. The molecule has 0 N–H and O–H groups in total. The summed E-state index contributed by atoms with van der Waals surface area (Å²) in [5.41, 5.74) is 10.4. The highest BCUT2D eigenvalue weighted by Crippen LogP contribution is 2.49. The fourth-order valence-electron chi connectivity index (χ4n) is 5.36. The van der Waals surface area contributed by atoms with Crippen molar-refractivity contribution in [2.75, 3.05) is 0 Å². The third-order valence-corrected chi connectivity index (χ3v) is 7.32. The van der Waals surface area contributed by atoms with E-state index in [0.29, 0.717) is 11.6 Å². The highest BCUT2D eigenvalue weighted by Gasteiger charge is 2.33. The van der Waals surface area contributed by atoms with Gasteiger partial charge in [-0.05, 0) is 68.2 Å². The maximum absolute atomic E-state index is 6.48. The zero-order chi connectivity index (χ0) is 25.5. The summed E-state index contributed by atoms with van der Waals surface area (Å²) in [5.74, 6) is 1.10. The molecular weight excluding hydrogens is 486 g/mol. The van der Waals surface area contributed by atoms with Gasteiger partial charge in [0.15, 0.2) is 5.82 Å². The Hall–Kier alpha value is -4.60. The molecule has 38 heavy (non-hydrogen) atoms. The summed E-state index contributed by atoms with van der Waals surface area (Å²) in [7, 11) is 0. The van der Waals surface area contributed by atoms with Crippen LogP contribution in [-0.4, -0.2) is 15.0 Å². The van der Waals surface area contributed by atoms with Crippen LogP contribution in [0.3, 0.4) is 0 Å². The minimum absolute atomic E-state index is 0.141. The van der Waals surface area contributed by atoms with Crippen LogP contribution in [0, 0.1) is 0 Å². The molecule has 0 atom stereocenters. The number of halogens is 1. The van der Waals surface area contributed by atoms with Gasteiger partial charge in [0.05, 0.1) is 5.92 Å². The molecule has 1 aromatic heterocycles. The van der Waals surface area contributed by atoms with Crippen molar-refractivity contribution < 1.29 is 0 Å². The molecule has 3 nitrogen and oxygen atoms in total. The molecule has 0 spiro atoms. The minimum atomic E-state index is -0.141. The van der Waals surface area contributed by atoms with Crippen molar-refractivity contribution in [3.8, 4) is 44.8 Å². The molecule has 4 heteroatoms. The largest absolute Gasteiger partial charge is 0.226 e. The molecule has 7 rings (SSSR count). The van der Waals surface area contributed by atoms with Crippen LogP contribution in [-0.2, 0) is 0 Å². The first-order chi connectivity index (χ1) is 18.7. The van der Waals surface area contributed by atoms with E-state index in [9.17, 15) is 0 Å². The maximum atomic E-state index is 6.48. The second kappa shape index (κ2) is 9.37. The van der Waals surface area contributed by atoms with E-state index in [0.717, 1.165) is 5.56 Å². The van der Waals surface area contributed by atoms with Crippen LogP contribution in [0.15, 0.2) is 127 Å². The van der Waals surface area contributed by atoms with E-state index in [1.165, 1.54) is 44.5 Å². The summed E-state index contributed by atoms with van der Waals surface area (Å²) in [4.78, 5) is 14.0. The Morgan fingerprint density at radius 3 is 1.42 bits per heavy atom. The van der Waals surface area contributed by atoms with Crippen molar-refractivity contribution in [3.05, 3.63) is 150 Å². The first-order valence-corrected chi connectivity index (χ1v) is 13.0. The van der Waals surface area contributed by atoms with Crippen molar-refractivity contribution >= 4 is 11.6 Å². The van der Waals surface area contributed by atoms with Crippen LogP contribution in [0.1, 0.15) is 22.9 Å². The Balaban J connectivity index is 1.43. The molecule has 1 heterocycles. The maximum Gasteiger partial charge on any atom is 0.226 e. The molecule has 1 aliphatic carbocycles. The van der Waals surface area contributed by atoms with Gasteiger partial charge in [0, 0.05) is 5.56 Å². The highest BCUT2D eigenvalue weighted by atomic mass is 35.5. The fraction of sp³-hybridized carbons (Fsp3) is 0.0294. The van der Waals surface area contributed by atoms with Gasteiger partial charge >= 0.3 is 0 Å². The fourth-order valence-corrected chi connectivity index (χ4v) is 5.53. The Morgan fingerprint density at radius 1 is 0.447 bits per heavy atom. The molecule has 5 aromatic carbocycles. The van der Waals surface area contributed by atoms with E-state index in [-0.39, 0.29) is 11.2 Å². The lowest BCUT2D eigenvalue weighted by molar-refractivity contribution is 0.851. The van der Waals surface area contributed by atoms with Crippen molar-refractivity contribution in [1.29, 1.82) is 0 Å². The average Bonchev–Trinajstić information content (AvgIpc) is 3.31. The van der Waals surface area contributed by atoms with Gasteiger partial charge in [0.1, 0.15) is 5.82 Å². The van der Waals surface area contributed by atoms with Crippen molar-refractivity contribution in [2.24, 2.45) is 0 Å². The van der Waals surface area contributed by atoms with Crippen LogP contribution >= 0.6 is 11.6 Å². The first kappa shape index (κ1) is 22.6. The van der Waals surface area contributed by atoms with Gasteiger partial charge in [-0.25, -0.2) is 9.97 Å². The topological polar surface area (TPSA) is 38.7 Å². The van der Waals surface area contributed by atoms with Gasteiger partial charge in [-0.15, -0.1) is 0 Å². The molecule has 0 amide bonds. The molecule has 0 radical (unpaired) electrons. The van der Waals surface area contributed by atoms with Gasteiger partial charge in [-0.2, -0.15) is 4.98 Å². The molecule has 0 unspecified atom stereocenters. The zero-order valence-corrected chi connectivity index (χ0v) is 21.2. The molecule has 0 bridgehead atoms. The lowest BCUT2D eigenvalue weighted by atomic mass is 9.94. The quantitative estimate of drug-likeness (QED) is 0.239. The highest BCUT2D eigenvalue weighted by molar-refractivity contribution is 6.28.